The molecule has 0 bridgehead atoms. The number of hydrogen-bond donors (Lipinski definition) is 1. The Morgan fingerprint density at radius 2 is 2.25 bits per heavy atom. The van der Waals surface area contributed by atoms with E-state index in [1.807, 2.05) is 6.07 Å². The molecule has 0 spiro atoms. The Balaban J connectivity index is 3.36. The normalized spacial score (nSPS) is 9.42. The van der Waals surface area contributed by atoms with Gasteiger partial charge in [-0.1, -0.05) is 11.6 Å². The average molecular weight is 201 g/mol. The van der Waals surface area contributed by atoms with E-state index in [4.69, 9.17) is 22.6 Å². The van der Waals surface area contributed by atoms with Crippen LogP contribution in [0.2, 0.25) is 5.15 Å². The first kappa shape index (κ1) is 9.10. The lowest BCUT2D eigenvalue weighted by Gasteiger charge is -2.00. The van der Waals surface area contributed by atoms with E-state index in [0.29, 0.717) is 5.03 Å². The van der Waals surface area contributed by atoms with E-state index in [0.717, 1.165) is 0 Å². The lowest BCUT2D eigenvalue weighted by Crippen LogP contribution is -1.99. The summed E-state index contributed by atoms with van der Waals surface area (Å²) in [4.78, 5) is 7.50. The Hall–Kier alpha value is -0.990. The predicted molar refractivity (Wildman–Crippen MR) is 48.0 cm³/mol. The van der Waals surface area contributed by atoms with Crippen LogP contribution in [-0.2, 0) is 0 Å². The molecule has 1 aromatic rings. The average Bonchev–Trinajstić information content (AvgIpc) is 2.03. The van der Waals surface area contributed by atoms with Crippen molar-refractivity contribution < 1.29 is 0 Å². The van der Waals surface area contributed by atoms with Gasteiger partial charge in [0.1, 0.15) is 16.7 Å². The highest BCUT2D eigenvalue weighted by molar-refractivity contribution is 7.98. The maximum absolute atomic E-state index is 8.65. The van der Waals surface area contributed by atoms with Crippen LogP contribution in [-0.4, -0.2) is 16.2 Å². The van der Waals surface area contributed by atoms with E-state index in [9.17, 15) is 0 Å². The molecular weight excluding hydrogens is 196 g/mol. The number of nitrogens with two attached hydrogens (primary N) is 1. The number of hydrogen-bond acceptors (Lipinski definition) is 5. The molecule has 62 valence electrons. The number of rotatable bonds is 1. The number of nitrogen functional groups attached to an aromatic ring is 1. The van der Waals surface area contributed by atoms with Crippen LogP contribution >= 0.6 is 23.4 Å². The van der Waals surface area contributed by atoms with E-state index in [-0.39, 0.29) is 16.7 Å². The molecule has 0 saturated carbocycles. The van der Waals surface area contributed by atoms with Crippen molar-refractivity contribution in [3.8, 4) is 6.07 Å². The first-order valence-corrected chi connectivity index (χ1v) is 4.56. The molecule has 0 unspecified atom stereocenters. The molecule has 0 amide bonds. The molecule has 1 aromatic heterocycles. The molecule has 2 N–H and O–H groups in total. The second kappa shape index (κ2) is 3.61. The van der Waals surface area contributed by atoms with Gasteiger partial charge in [0.25, 0.3) is 0 Å². The van der Waals surface area contributed by atoms with Crippen molar-refractivity contribution in [2.45, 2.75) is 5.03 Å². The first-order chi connectivity index (χ1) is 5.69. The summed E-state index contributed by atoms with van der Waals surface area (Å²) in [6.07, 6.45) is 1.79. The Labute approximate surface area is 78.8 Å². The molecule has 1 heterocycles. The van der Waals surface area contributed by atoms with Gasteiger partial charge in [-0.15, -0.1) is 11.8 Å². The lowest BCUT2D eigenvalue weighted by molar-refractivity contribution is 1.05. The van der Waals surface area contributed by atoms with Crippen LogP contribution in [0.15, 0.2) is 5.03 Å². The third-order valence-corrected chi connectivity index (χ3v) is 2.11. The van der Waals surface area contributed by atoms with Crippen molar-refractivity contribution in [3.05, 3.63) is 10.7 Å². The molecule has 0 atom stereocenters. The zero-order valence-corrected chi connectivity index (χ0v) is 7.78. The minimum Gasteiger partial charge on any atom is -0.368 e. The van der Waals surface area contributed by atoms with Gasteiger partial charge in [-0.25, -0.2) is 4.98 Å². The summed E-state index contributed by atoms with van der Waals surface area (Å²) >= 11 is 6.96. The highest BCUT2D eigenvalue weighted by Gasteiger charge is 2.09. The number of anilines is 1. The molecule has 0 aromatic carbocycles. The Morgan fingerprint density at radius 3 is 2.75 bits per heavy atom. The zero-order valence-electron chi connectivity index (χ0n) is 6.21. The first-order valence-electron chi connectivity index (χ1n) is 2.96. The van der Waals surface area contributed by atoms with E-state index in [1.54, 1.807) is 6.26 Å². The molecule has 12 heavy (non-hydrogen) atoms. The van der Waals surface area contributed by atoms with Crippen LogP contribution < -0.4 is 5.73 Å². The van der Waals surface area contributed by atoms with Crippen molar-refractivity contribution in [3.63, 3.8) is 0 Å². The highest BCUT2D eigenvalue weighted by atomic mass is 35.5. The minimum absolute atomic E-state index is 0.0864. The molecule has 4 nitrogen and oxygen atoms in total. The SMILES string of the molecule is CSc1nc(N)nc(Cl)c1C#N. The van der Waals surface area contributed by atoms with E-state index < -0.39 is 0 Å². The lowest BCUT2D eigenvalue weighted by atomic mass is 10.4. The summed E-state index contributed by atoms with van der Waals surface area (Å²) in [5.41, 5.74) is 5.61. The molecule has 0 saturated heterocycles. The molecule has 0 radical (unpaired) electrons. The van der Waals surface area contributed by atoms with Gasteiger partial charge >= 0.3 is 0 Å². The predicted octanol–water partition coefficient (Wildman–Crippen LogP) is 1.31. The summed E-state index contributed by atoms with van der Waals surface area (Å²) in [5.74, 6) is 0.0864. The monoisotopic (exact) mass is 200 g/mol. The topological polar surface area (TPSA) is 75.6 Å². The highest BCUT2D eigenvalue weighted by Crippen LogP contribution is 2.23. The Kier molecular flexibility index (Phi) is 2.74. The number of nitrogens with zero attached hydrogens (tertiary/aromatic N) is 3. The molecule has 0 aliphatic rings. The molecule has 1 rings (SSSR count). The van der Waals surface area contributed by atoms with Crippen LogP contribution in [0.5, 0.6) is 0 Å². The Morgan fingerprint density at radius 1 is 1.58 bits per heavy atom. The van der Waals surface area contributed by atoms with Gasteiger partial charge in [-0.05, 0) is 6.26 Å². The smallest absolute Gasteiger partial charge is 0.222 e. The van der Waals surface area contributed by atoms with E-state index in [1.165, 1.54) is 11.8 Å². The van der Waals surface area contributed by atoms with Gasteiger partial charge in [-0.3, -0.25) is 0 Å². The van der Waals surface area contributed by atoms with Gasteiger partial charge < -0.3 is 5.73 Å². The van der Waals surface area contributed by atoms with E-state index >= 15 is 0 Å². The van der Waals surface area contributed by atoms with Crippen molar-refractivity contribution >= 4 is 29.3 Å². The van der Waals surface area contributed by atoms with Gasteiger partial charge in [0.05, 0.1) is 0 Å². The number of thioether (sulfide) groups is 1. The summed E-state index contributed by atoms with van der Waals surface area (Å²) in [6, 6.07) is 1.91. The van der Waals surface area contributed by atoms with E-state index in [2.05, 4.69) is 9.97 Å². The molecule has 0 aliphatic carbocycles. The van der Waals surface area contributed by atoms with Crippen LogP contribution in [0.3, 0.4) is 0 Å². The number of halogens is 1. The fourth-order valence-electron chi connectivity index (χ4n) is 0.671. The van der Waals surface area contributed by atoms with Crippen LogP contribution in [0.1, 0.15) is 5.56 Å². The second-order valence-electron chi connectivity index (χ2n) is 1.87. The number of nitriles is 1. The second-order valence-corrected chi connectivity index (χ2v) is 3.02. The quantitative estimate of drug-likeness (QED) is 0.547. The molecule has 0 aliphatic heterocycles. The largest absolute Gasteiger partial charge is 0.368 e. The summed E-state index contributed by atoms with van der Waals surface area (Å²) in [6.45, 7) is 0. The molecule has 6 heteroatoms. The van der Waals surface area contributed by atoms with Gasteiger partial charge in [-0.2, -0.15) is 10.2 Å². The summed E-state index contributed by atoms with van der Waals surface area (Å²) in [7, 11) is 0. The van der Waals surface area contributed by atoms with Gasteiger partial charge in [0, 0.05) is 0 Å². The number of aromatic nitrogens is 2. The van der Waals surface area contributed by atoms with Gasteiger partial charge in [0.2, 0.25) is 5.95 Å². The van der Waals surface area contributed by atoms with Crippen LogP contribution in [0.4, 0.5) is 5.95 Å². The standard InChI is InChI=1S/C6H5ClN4S/c1-12-5-3(2-8)4(7)10-6(9)11-5/h1H3,(H2,9,10,11). The summed E-state index contributed by atoms with van der Waals surface area (Å²) < 4.78 is 0. The maximum Gasteiger partial charge on any atom is 0.222 e. The van der Waals surface area contributed by atoms with Crippen molar-refractivity contribution in [2.75, 3.05) is 12.0 Å². The van der Waals surface area contributed by atoms with Crippen LogP contribution in [0.25, 0.3) is 0 Å². The molecule has 0 fully saturated rings. The zero-order chi connectivity index (χ0) is 9.14. The fourth-order valence-corrected chi connectivity index (χ4v) is 1.48. The van der Waals surface area contributed by atoms with Crippen molar-refractivity contribution in [1.29, 1.82) is 5.26 Å². The minimum atomic E-state index is 0.0864. The summed E-state index contributed by atoms with van der Waals surface area (Å²) in [5, 5.41) is 9.27. The fraction of sp³-hybridized carbons (Fsp3) is 0.167. The third kappa shape index (κ3) is 1.60. The maximum atomic E-state index is 8.65. The Bertz CT molecular complexity index is 346. The van der Waals surface area contributed by atoms with Crippen LogP contribution in [0, 0.1) is 11.3 Å². The van der Waals surface area contributed by atoms with Crippen molar-refractivity contribution in [2.24, 2.45) is 0 Å². The van der Waals surface area contributed by atoms with Gasteiger partial charge in [0.15, 0.2) is 5.15 Å². The third-order valence-electron chi connectivity index (χ3n) is 1.15. The molecular formula is C6H5ClN4S. The van der Waals surface area contributed by atoms with Crippen molar-refractivity contribution in [1.82, 2.24) is 9.97 Å².